The van der Waals surface area contributed by atoms with Crippen LogP contribution in [-0.4, -0.2) is 29.0 Å². The van der Waals surface area contributed by atoms with Gasteiger partial charge >= 0.3 is 0 Å². The van der Waals surface area contributed by atoms with Crippen LogP contribution in [0, 0.1) is 5.92 Å². The third-order valence-electron chi connectivity index (χ3n) is 5.12. The number of primary amides is 1. The molecule has 2 rings (SSSR count). The van der Waals surface area contributed by atoms with Crippen LogP contribution >= 0.6 is 11.8 Å². The first-order valence-electron chi connectivity index (χ1n) is 8.35. The van der Waals surface area contributed by atoms with E-state index in [1.54, 1.807) is 0 Å². The number of hydrogen-bond acceptors (Lipinski definition) is 3. The van der Waals surface area contributed by atoms with Crippen LogP contribution in [0.4, 0.5) is 0 Å². The van der Waals surface area contributed by atoms with Gasteiger partial charge in [-0.05, 0) is 50.3 Å². The average molecular weight is 298 g/mol. The fourth-order valence-corrected chi connectivity index (χ4v) is 5.46. The van der Waals surface area contributed by atoms with Crippen LogP contribution in [0.15, 0.2) is 0 Å². The summed E-state index contributed by atoms with van der Waals surface area (Å²) >= 11 is 2.13. The quantitative estimate of drug-likeness (QED) is 0.759. The number of nitrogens with two attached hydrogens (primary N) is 1. The standard InChI is InChI=1S/C16H30N2OS/c1-2-18-16(15(17)19)11-6-7-13(16)10-12-20-14-8-4-3-5-9-14/h13-14,18H,2-12H2,1H3,(H2,17,19). The molecule has 1 amide bonds. The summed E-state index contributed by atoms with van der Waals surface area (Å²) in [5.74, 6) is 1.50. The Morgan fingerprint density at radius 1 is 1.25 bits per heavy atom. The summed E-state index contributed by atoms with van der Waals surface area (Å²) in [6.45, 7) is 2.89. The first-order valence-corrected chi connectivity index (χ1v) is 9.40. The molecule has 2 unspecified atom stereocenters. The van der Waals surface area contributed by atoms with Crippen molar-refractivity contribution in [3.63, 3.8) is 0 Å². The molecule has 2 saturated carbocycles. The molecular weight excluding hydrogens is 268 g/mol. The van der Waals surface area contributed by atoms with Gasteiger partial charge in [0.15, 0.2) is 0 Å². The van der Waals surface area contributed by atoms with E-state index < -0.39 is 5.54 Å². The topological polar surface area (TPSA) is 55.1 Å². The third-order valence-corrected chi connectivity index (χ3v) is 6.54. The van der Waals surface area contributed by atoms with Crippen molar-refractivity contribution in [2.75, 3.05) is 12.3 Å². The Hall–Kier alpha value is -0.220. The number of amides is 1. The molecule has 0 aromatic carbocycles. The lowest BCUT2D eigenvalue weighted by atomic mass is 9.84. The molecule has 0 aliphatic heterocycles. The van der Waals surface area contributed by atoms with E-state index >= 15 is 0 Å². The molecule has 3 nitrogen and oxygen atoms in total. The van der Waals surface area contributed by atoms with Crippen molar-refractivity contribution in [2.45, 2.75) is 75.5 Å². The van der Waals surface area contributed by atoms with E-state index in [2.05, 4.69) is 24.0 Å². The fraction of sp³-hybridized carbons (Fsp3) is 0.938. The Bertz CT molecular complexity index is 318. The second kappa shape index (κ2) is 7.69. The van der Waals surface area contributed by atoms with Gasteiger partial charge in [-0.3, -0.25) is 4.79 Å². The van der Waals surface area contributed by atoms with E-state index in [-0.39, 0.29) is 5.91 Å². The smallest absolute Gasteiger partial charge is 0.238 e. The van der Waals surface area contributed by atoms with Gasteiger partial charge in [-0.2, -0.15) is 11.8 Å². The van der Waals surface area contributed by atoms with Gasteiger partial charge < -0.3 is 11.1 Å². The lowest BCUT2D eigenvalue weighted by molar-refractivity contribution is -0.125. The minimum absolute atomic E-state index is 0.135. The van der Waals surface area contributed by atoms with E-state index in [4.69, 9.17) is 5.73 Å². The molecule has 0 radical (unpaired) electrons. The van der Waals surface area contributed by atoms with Crippen LogP contribution < -0.4 is 11.1 Å². The molecule has 0 bridgehead atoms. The molecule has 0 heterocycles. The molecule has 4 heteroatoms. The maximum absolute atomic E-state index is 11.9. The zero-order chi connectivity index (χ0) is 14.4. The van der Waals surface area contributed by atoms with E-state index in [9.17, 15) is 4.79 Å². The highest BCUT2D eigenvalue weighted by atomic mass is 32.2. The average Bonchev–Trinajstić information content (AvgIpc) is 2.85. The maximum atomic E-state index is 11.9. The highest BCUT2D eigenvalue weighted by Gasteiger charge is 2.46. The van der Waals surface area contributed by atoms with E-state index in [1.807, 2.05) is 0 Å². The van der Waals surface area contributed by atoms with E-state index in [1.165, 1.54) is 37.9 Å². The van der Waals surface area contributed by atoms with E-state index in [0.717, 1.165) is 37.5 Å². The fourth-order valence-electron chi connectivity index (χ4n) is 4.04. The Morgan fingerprint density at radius 3 is 2.65 bits per heavy atom. The van der Waals surface area contributed by atoms with Crippen molar-refractivity contribution in [1.29, 1.82) is 0 Å². The predicted octanol–water partition coefficient (Wildman–Crippen LogP) is 3.08. The molecule has 20 heavy (non-hydrogen) atoms. The number of carbonyl (C=O) groups is 1. The van der Waals surface area contributed by atoms with Gasteiger partial charge in [0.25, 0.3) is 0 Å². The van der Waals surface area contributed by atoms with Crippen molar-refractivity contribution in [3.05, 3.63) is 0 Å². The summed E-state index contributed by atoms with van der Waals surface area (Å²) in [4.78, 5) is 11.9. The van der Waals surface area contributed by atoms with Crippen LogP contribution in [0.25, 0.3) is 0 Å². The van der Waals surface area contributed by atoms with Crippen molar-refractivity contribution in [2.24, 2.45) is 11.7 Å². The second-order valence-corrected chi connectivity index (χ2v) is 7.78. The molecule has 0 aromatic heterocycles. The van der Waals surface area contributed by atoms with Gasteiger partial charge in [0.2, 0.25) is 5.91 Å². The Labute approximate surface area is 127 Å². The van der Waals surface area contributed by atoms with Crippen molar-refractivity contribution >= 4 is 17.7 Å². The molecule has 2 fully saturated rings. The molecule has 2 aliphatic carbocycles. The zero-order valence-electron chi connectivity index (χ0n) is 12.8. The molecule has 2 aliphatic rings. The molecule has 0 spiro atoms. The minimum atomic E-state index is -0.415. The number of rotatable bonds is 7. The van der Waals surface area contributed by atoms with Crippen LogP contribution in [0.5, 0.6) is 0 Å². The summed E-state index contributed by atoms with van der Waals surface area (Å²) in [6, 6.07) is 0. The minimum Gasteiger partial charge on any atom is -0.368 e. The zero-order valence-corrected chi connectivity index (χ0v) is 13.6. The van der Waals surface area contributed by atoms with E-state index in [0.29, 0.717) is 5.92 Å². The van der Waals surface area contributed by atoms with Gasteiger partial charge in [0.1, 0.15) is 5.54 Å². The van der Waals surface area contributed by atoms with Crippen LogP contribution in [0.2, 0.25) is 0 Å². The monoisotopic (exact) mass is 298 g/mol. The van der Waals surface area contributed by atoms with Gasteiger partial charge in [-0.1, -0.05) is 32.6 Å². The number of likely N-dealkylation sites (N-methyl/N-ethyl adjacent to an activating group) is 1. The van der Waals surface area contributed by atoms with Crippen molar-refractivity contribution < 1.29 is 4.79 Å². The third kappa shape index (κ3) is 3.70. The molecule has 0 aromatic rings. The predicted molar refractivity (Wildman–Crippen MR) is 86.9 cm³/mol. The molecule has 116 valence electrons. The highest BCUT2D eigenvalue weighted by Crippen LogP contribution is 2.39. The van der Waals surface area contributed by atoms with Gasteiger partial charge in [0.05, 0.1) is 0 Å². The van der Waals surface area contributed by atoms with Crippen molar-refractivity contribution in [1.82, 2.24) is 5.32 Å². The lowest BCUT2D eigenvalue weighted by Gasteiger charge is -2.33. The summed E-state index contributed by atoms with van der Waals surface area (Å²) < 4.78 is 0. The van der Waals surface area contributed by atoms with Crippen LogP contribution in [0.1, 0.15) is 64.7 Å². The maximum Gasteiger partial charge on any atom is 0.238 e. The van der Waals surface area contributed by atoms with Gasteiger partial charge in [0, 0.05) is 5.25 Å². The SMILES string of the molecule is CCNC1(C(N)=O)CCCC1CCSC1CCCCC1. The van der Waals surface area contributed by atoms with Crippen LogP contribution in [0.3, 0.4) is 0 Å². The highest BCUT2D eigenvalue weighted by molar-refractivity contribution is 7.99. The van der Waals surface area contributed by atoms with Gasteiger partial charge in [-0.25, -0.2) is 0 Å². The molecule has 2 atom stereocenters. The van der Waals surface area contributed by atoms with Crippen molar-refractivity contribution in [3.8, 4) is 0 Å². The second-order valence-electron chi connectivity index (χ2n) is 6.37. The Kier molecular flexibility index (Phi) is 6.21. The summed E-state index contributed by atoms with van der Waals surface area (Å²) in [6.07, 6.45) is 11.4. The molecule has 0 saturated heterocycles. The molecule has 3 N–H and O–H groups in total. The largest absolute Gasteiger partial charge is 0.368 e. The Morgan fingerprint density at radius 2 is 2.00 bits per heavy atom. The number of hydrogen-bond donors (Lipinski definition) is 2. The number of carbonyl (C=O) groups excluding carboxylic acids is 1. The van der Waals surface area contributed by atoms with Gasteiger partial charge in [-0.15, -0.1) is 0 Å². The number of thioether (sulfide) groups is 1. The summed E-state index contributed by atoms with van der Waals surface area (Å²) in [5, 5.41) is 4.28. The Balaban J connectivity index is 1.82. The van der Waals surface area contributed by atoms with Crippen LogP contribution in [-0.2, 0) is 4.79 Å². The summed E-state index contributed by atoms with van der Waals surface area (Å²) in [7, 11) is 0. The summed E-state index contributed by atoms with van der Waals surface area (Å²) in [5.41, 5.74) is 5.30. The first kappa shape index (κ1) is 16.2. The molecular formula is C16H30N2OS. The first-order chi connectivity index (χ1) is 9.69. The lowest BCUT2D eigenvalue weighted by Crippen LogP contribution is -2.57. The normalized spacial score (nSPS) is 31.6. The number of nitrogens with one attached hydrogen (secondary N) is 1.